The lowest BCUT2D eigenvalue weighted by Gasteiger charge is -2.13. The molecule has 0 bridgehead atoms. The molecule has 0 radical (unpaired) electrons. The summed E-state index contributed by atoms with van der Waals surface area (Å²) in [6.07, 6.45) is 2.84. The molecule has 0 aliphatic carbocycles. The van der Waals surface area contributed by atoms with Gasteiger partial charge < -0.3 is 24.3 Å². The molecular formula is C24H27N3O8. The molecule has 0 fully saturated rings. The summed E-state index contributed by atoms with van der Waals surface area (Å²) >= 11 is 0. The lowest BCUT2D eigenvalue weighted by atomic mass is 10.2. The quantitative estimate of drug-likeness (QED) is 0.259. The van der Waals surface area contributed by atoms with Crippen molar-refractivity contribution < 1.29 is 38.1 Å². The van der Waals surface area contributed by atoms with Crippen LogP contribution in [0.15, 0.2) is 48.5 Å². The number of benzene rings is 2. The first-order chi connectivity index (χ1) is 16.8. The molecule has 3 amide bonds. The van der Waals surface area contributed by atoms with E-state index in [1.54, 1.807) is 43.5 Å². The van der Waals surface area contributed by atoms with Gasteiger partial charge in [0.2, 0.25) is 5.91 Å². The summed E-state index contributed by atoms with van der Waals surface area (Å²) in [6, 6.07) is 10.5. The van der Waals surface area contributed by atoms with E-state index in [9.17, 15) is 19.2 Å². The van der Waals surface area contributed by atoms with Crippen molar-refractivity contribution in [1.82, 2.24) is 16.2 Å². The third kappa shape index (κ3) is 8.39. The summed E-state index contributed by atoms with van der Waals surface area (Å²) in [5.41, 5.74) is 5.31. The monoisotopic (exact) mass is 485 g/mol. The molecule has 3 N–H and O–H groups in total. The fourth-order valence-corrected chi connectivity index (χ4v) is 2.68. The molecule has 2 aromatic carbocycles. The van der Waals surface area contributed by atoms with Crippen molar-refractivity contribution >= 4 is 29.8 Å². The van der Waals surface area contributed by atoms with Gasteiger partial charge in [0.15, 0.2) is 18.1 Å². The van der Waals surface area contributed by atoms with Crippen LogP contribution in [0.1, 0.15) is 22.8 Å². The Labute approximate surface area is 202 Å². The van der Waals surface area contributed by atoms with Crippen LogP contribution in [0.3, 0.4) is 0 Å². The third-order valence-electron chi connectivity index (χ3n) is 4.56. The van der Waals surface area contributed by atoms with Crippen LogP contribution >= 0.6 is 0 Å². The lowest BCUT2D eigenvalue weighted by Crippen LogP contribution is -2.45. The number of carbonyl (C=O) groups excluding carboxylic acids is 4. The van der Waals surface area contributed by atoms with Crippen LogP contribution in [-0.4, -0.2) is 57.7 Å². The van der Waals surface area contributed by atoms with Gasteiger partial charge in [0.1, 0.15) is 11.8 Å². The van der Waals surface area contributed by atoms with E-state index >= 15 is 0 Å². The van der Waals surface area contributed by atoms with E-state index in [1.807, 2.05) is 0 Å². The van der Waals surface area contributed by atoms with Crippen molar-refractivity contribution in [2.24, 2.45) is 0 Å². The molecule has 0 saturated carbocycles. The maximum atomic E-state index is 12.2. The zero-order chi connectivity index (χ0) is 25.8. The first-order valence-electron chi connectivity index (χ1n) is 10.4. The van der Waals surface area contributed by atoms with Crippen LogP contribution < -0.4 is 30.4 Å². The molecule has 0 spiro atoms. The van der Waals surface area contributed by atoms with E-state index in [0.29, 0.717) is 17.2 Å². The number of hydrazine groups is 1. The van der Waals surface area contributed by atoms with Gasteiger partial charge in [-0.25, -0.2) is 4.79 Å². The van der Waals surface area contributed by atoms with Gasteiger partial charge in [0.25, 0.3) is 11.8 Å². The normalized spacial score (nSPS) is 11.2. The number of hydrogen-bond acceptors (Lipinski definition) is 8. The van der Waals surface area contributed by atoms with E-state index in [1.165, 1.54) is 39.4 Å². The van der Waals surface area contributed by atoms with Crippen LogP contribution in [0.25, 0.3) is 6.08 Å². The van der Waals surface area contributed by atoms with Crippen LogP contribution in [0.5, 0.6) is 17.2 Å². The summed E-state index contributed by atoms with van der Waals surface area (Å²) in [5.74, 6) is -1.25. The van der Waals surface area contributed by atoms with Crippen LogP contribution in [0.2, 0.25) is 0 Å². The van der Waals surface area contributed by atoms with Crippen molar-refractivity contribution in [2.45, 2.75) is 13.0 Å². The van der Waals surface area contributed by atoms with Crippen molar-refractivity contribution in [3.63, 3.8) is 0 Å². The van der Waals surface area contributed by atoms with Crippen molar-refractivity contribution in [3.05, 3.63) is 59.7 Å². The third-order valence-corrected chi connectivity index (χ3v) is 4.56. The highest BCUT2D eigenvalue weighted by Gasteiger charge is 2.18. The number of ether oxygens (including phenoxy) is 4. The zero-order valence-electron chi connectivity index (χ0n) is 19.7. The molecule has 186 valence electrons. The van der Waals surface area contributed by atoms with Crippen LogP contribution in [-0.2, 0) is 19.1 Å². The SMILES string of the molecule is COc1ccc(/C=C/C(=O)N[C@@H](C)C(=O)OCC(=O)NNC(=O)c2ccc(OC)c(OC)c2)cc1. The van der Waals surface area contributed by atoms with E-state index in [2.05, 4.69) is 16.2 Å². The van der Waals surface area contributed by atoms with Gasteiger partial charge in [-0.2, -0.15) is 0 Å². The van der Waals surface area contributed by atoms with Crippen LogP contribution in [0, 0.1) is 0 Å². The van der Waals surface area contributed by atoms with Gasteiger partial charge in [-0.05, 0) is 48.9 Å². The summed E-state index contributed by atoms with van der Waals surface area (Å²) < 4.78 is 20.2. The highest BCUT2D eigenvalue weighted by Crippen LogP contribution is 2.27. The lowest BCUT2D eigenvalue weighted by molar-refractivity contribution is -0.151. The molecule has 0 aliphatic rings. The van der Waals surface area contributed by atoms with Crippen LogP contribution in [0.4, 0.5) is 0 Å². The zero-order valence-corrected chi connectivity index (χ0v) is 19.7. The second kappa shape index (κ2) is 13.2. The largest absolute Gasteiger partial charge is 0.497 e. The first-order valence-corrected chi connectivity index (χ1v) is 10.4. The molecule has 35 heavy (non-hydrogen) atoms. The molecule has 0 aliphatic heterocycles. The molecule has 0 heterocycles. The summed E-state index contributed by atoms with van der Waals surface area (Å²) in [7, 11) is 4.44. The fourth-order valence-electron chi connectivity index (χ4n) is 2.68. The Morgan fingerprint density at radius 2 is 1.57 bits per heavy atom. The number of esters is 1. The number of rotatable bonds is 10. The van der Waals surface area contributed by atoms with Gasteiger partial charge in [0, 0.05) is 11.6 Å². The van der Waals surface area contributed by atoms with E-state index < -0.39 is 36.3 Å². The fraction of sp³-hybridized carbons (Fsp3) is 0.250. The van der Waals surface area contributed by atoms with Gasteiger partial charge >= 0.3 is 5.97 Å². The van der Waals surface area contributed by atoms with E-state index in [0.717, 1.165) is 5.56 Å². The molecule has 11 heteroatoms. The smallest absolute Gasteiger partial charge is 0.328 e. The molecule has 1 atom stereocenters. The Kier molecular flexibility index (Phi) is 10.1. The summed E-state index contributed by atoms with van der Waals surface area (Å²) in [6.45, 7) is 0.755. The summed E-state index contributed by atoms with van der Waals surface area (Å²) in [5, 5.41) is 2.44. The highest BCUT2D eigenvalue weighted by molar-refractivity contribution is 5.96. The Hall–Kier alpha value is -4.54. The maximum absolute atomic E-state index is 12.2. The molecule has 11 nitrogen and oxygen atoms in total. The highest BCUT2D eigenvalue weighted by atomic mass is 16.5. The Balaban J connectivity index is 1.75. The molecule has 0 saturated heterocycles. The van der Waals surface area contributed by atoms with Gasteiger partial charge in [-0.3, -0.25) is 25.2 Å². The topological polar surface area (TPSA) is 141 Å². The molecule has 0 unspecified atom stereocenters. The van der Waals surface area contributed by atoms with E-state index in [-0.39, 0.29) is 5.56 Å². The van der Waals surface area contributed by atoms with E-state index in [4.69, 9.17) is 18.9 Å². The second-order valence-corrected chi connectivity index (χ2v) is 7.02. The predicted octanol–water partition coefficient (Wildman–Crippen LogP) is 1.23. The number of methoxy groups -OCH3 is 3. The number of amides is 3. The molecule has 0 aromatic heterocycles. The minimum absolute atomic E-state index is 0.207. The van der Waals surface area contributed by atoms with Crippen molar-refractivity contribution in [2.75, 3.05) is 27.9 Å². The first kappa shape index (κ1) is 26.7. The molecular weight excluding hydrogens is 458 g/mol. The number of hydrogen-bond donors (Lipinski definition) is 3. The average molecular weight is 485 g/mol. The minimum atomic E-state index is -1.00. The standard InChI is InChI=1S/C24H27N3O8/c1-15(25-21(28)12-7-16-5-9-18(32-2)10-6-16)24(31)35-14-22(29)26-27-23(30)17-8-11-19(33-3)20(13-17)34-4/h5-13,15H,14H2,1-4H3,(H,25,28)(H,26,29)(H,27,30)/b12-7+/t15-/m0/s1. The number of nitrogens with one attached hydrogen (secondary N) is 3. The molecule has 2 rings (SSSR count). The van der Waals surface area contributed by atoms with Gasteiger partial charge in [-0.1, -0.05) is 12.1 Å². The van der Waals surface area contributed by atoms with Crippen molar-refractivity contribution in [3.8, 4) is 17.2 Å². The predicted molar refractivity (Wildman–Crippen MR) is 126 cm³/mol. The van der Waals surface area contributed by atoms with Gasteiger partial charge in [-0.15, -0.1) is 0 Å². The van der Waals surface area contributed by atoms with Gasteiger partial charge in [0.05, 0.1) is 21.3 Å². The molecule has 2 aromatic rings. The van der Waals surface area contributed by atoms with Crippen molar-refractivity contribution in [1.29, 1.82) is 0 Å². The Morgan fingerprint density at radius 3 is 2.20 bits per heavy atom. The minimum Gasteiger partial charge on any atom is -0.497 e. The Bertz CT molecular complexity index is 1080. The number of carbonyl (C=O) groups is 4. The summed E-state index contributed by atoms with van der Waals surface area (Å²) in [4.78, 5) is 48.2. The second-order valence-electron chi connectivity index (χ2n) is 7.02. The average Bonchev–Trinajstić information content (AvgIpc) is 2.88. The Morgan fingerprint density at radius 1 is 0.886 bits per heavy atom. The maximum Gasteiger partial charge on any atom is 0.328 e.